The molecule has 1 aromatic carbocycles. The maximum absolute atomic E-state index is 12.5. The molecule has 22 heavy (non-hydrogen) atoms. The van der Waals surface area contributed by atoms with Crippen LogP contribution in [0, 0.1) is 5.41 Å². The molecule has 0 aliphatic rings. The van der Waals surface area contributed by atoms with Crippen LogP contribution in [0.2, 0.25) is 0 Å². The molecular formula is C16H19BrN2O2S. The zero-order valence-electron chi connectivity index (χ0n) is 12.9. The van der Waals surface area contributed by atoms with Crippen LogP contribution in [0.3, 0.4) is 0 Å². The van der Waals surface area contributed by atoms with Gasteiger partial charge in [0, 0.05) is 29.9 Å². The van der Waals surface area contributed by atoms with Gasteiger partial charge in [0.15, 0.2) is 0 Å². The van der Waals surface area contributed by atoms with Crippen molar-refractivity contribution in [3.05, 3.63) is 57.2 Å². The highest BCUT2D eigenvalue weighted by Crippen LogP contribution is 2.28. The summed E-state index contributed by atoms with van der Waals surface area (Å²) < 4.78 is 2.83. The molecule has 6 heteroatoms. The maximum Gasteiger partial charge on any atom is 0.331 e. The molecule has 118 valence electrons. The lowest BCUT2D eigenvalue weighted by molar-refractivity contribution is 0.327. The second kappa shape index (κ2) is 6.87. The van der Waals surface area contributed by atoms with Crippen molar-refractivity contribution in [2.45, 2.75) is 30.3 Å². The van der Waals surface area contributed by atoms with Crippen LogP contribution in [0.15, 0.2) is 55.9 Å². The van der Waals surface area contributed by atoms with Crippen molar-refractivity contribution in [2.75, 3.05) is 5.33 Å². The first-order valence-electron chi connectivity index (χ1n) is 6.94. The standard InChI is InChI=1S/C16H19BrN2O2S/c1-16(2,10-17)11-19-14(9-13(20)18(3)15(19)21)22-12-7-5-4-6-8-12/h4-9H,10-11H2,1-3H3. The lowest BCUT2D eigenvalue weighted by Crippen LogP contribution is -2.41. The number of benzene rings is 1. The Morgan fingerprint density at radius 3 is 2.41 bits per heavy atom. The zero-order valence-corrected chi connectivity index (χ0v) is 15.3. The lowest BCUT2D eigenvalue weighted by Gasteiger charge is -2.24. The molecule has 0 unspecified atom stereocenters. The molecule has 0 radical (unpaired) electrons. The van der Waals surface area contributed by atoms with E-state index < -0.39 is 0 Å². The molecule has 2 rings (SSSR count). The van der Waals surface area contributed by atoms with Crippen LogP contribution in [-0.4, -0.2) is 14.5 Å². The molecule has 0 saturated heterocycles. The van der Waals surface area contributed by atoms with Crippen LogP contribution in [0.1, 0.15) is 13.8 Å². The molecule has 0 fully saturated rings. The van der Waals surface area contributed by atoms with E-state index in [9.17, 15) is 9.59 Å². The molecule has 0 aliphatic carbocycles. The molecule has 0 atom stereocenters. The Morgan fingerprint density at radius 1 is 1.18 bits per heavy atom. The first kappa shape index (κ1) is 17.1. The van der Waals surface area contributed by atoms with Crippen molar-refractivity contribution in [2.24, 2.45) is 12.5 Å². The second-order valence-corrected chi connectivity index (χ2v) is 7.62. The van der Waals surface area contributed by atoms with Crippen LogP contribution in [-0.2, 0) is 13.6 Å². The van der Waals surface area contributed by atoms with Gasteiger partial charge in [-0.15, -0.1) is 0 Å². The zero-order chi connectivity index (χ0) is 16.3. The third-order valence-electron chi connectivity index (χ3n) is 3.27. The predicted molar refractivity (Wildman–Crippen MR) is 94.1 cm³/mol. The second-order valence-electron chi connectivity index (χ2n) is 5.96. The number of alkyl halides is 1. The van der Waals surface area contributed by atoms with Gasteiger partial charge in [0.05, 0.1) is 5.03 Å². The first-order valence-corrected chi connectivity index (χ1v) is 8.87. The van der Waals surface area contributed by atoms with Gasteiger partial charge < -0.3 is 0 Å². The van der Waals surface area contributed by atoms with E-state index in [4.69, 9.17) is 0 Å². The number of halogens is 1. The first-order chi connectivity index (χ1) is 10.3. The number of rotatable bonds is 5. The number of nitrogens with zero attached hydrogens (tertiary/aromatic N) is 2. The summed E-state index contributed by atoms with van der Waals surface area (Å²) in [6.07, 6.45) is 0. The lowest BCUT2D eigenvalue weighted by atomic mass is 9.97. The minimum Gasteiger partial charge on any atom is -0.287 e. The molecule has 0 spiro atoms. The largest absolute Gasteiger partial charge is 0.331 e. The Balaban J connectivity index is 2.52. The molecule has 4 nitrogen and oxygen atoms in total. The number of hydrogen-bond donors (Lipinski definition) is 0. The van der Waals surface area contributed by atoms with Crippen molar-refractivity contribution in [3.8, 4) is 0 Å². The average Bonchev–Trinajstić information content (AvgIpc) is 2.50. The number of aromatic nitrogens is 2. The normalized spacial score (nSPS) is 11.6. The van der Waals surface area contributed by atoms with Crippen molar-refractivity contribution in [1.29, 1.82) is 0 Å². The fourth-order valence-corrected chi connectivity index (χ4v) is 3.08. The summed E-state index contributed by atoms with van der Waals surface area (Å²) in [5.74, 6) is 0. The van der Waals surface area contributed by atoms with Crippen LogP contribution in [0.25, 0.3) is 0 Å². The highest BCUT2D eigenvalue weighted by atomic mass is 79.9. The van der Waals surface area contributed by atoms with Gasteiger partial charge in [-0.2, -0.15) is 0 Å². The molecule has 2 aromatic rings. The van der Waals surface area contributed by atoms with Gasteiger partial charge in [0.1, 0.15) is 0 Å². The Bertz CT molecular complexity index is 766. The molecule has 0 N–H and O–H groups in total. The van der Waals surface area contributed by atoms with Gasteiger partial charge in [-0.1, -0.05) is 59.7 Å². The van der Waals surface area contributed by atoms with Crippen molar-refractivity contribution in [1.82, 2.24) is 9.13 Å². The molecule has 0 saturated carbocycles. The fraction of sp³-hybridized carbons (Fsp3) is 0.375. The van der Waals surface area contributed by atoms with Gasteiger partial charge in [-0.3, -0.25) is 13.9 Å². The van der Waals surface area contributed by atoms with E-state index in [-0.39, 0.29) is 16.7 Å². The van der Waals surface area contributed by atoms with Gasteiger partial charge in [-0.25, -0.2) is 4.79 Å². The molecular weight excluding hydrogens is 364 g/mol. The van der Waals surface area contributed by atoms with Crippen LogP contribution in [0.5, 0.6) is 0 Å². The SMILES string of the molecule is Cn1c(=O)cc(Sc2ccccc2)n(CC(C)(C)CBr)c1=O. The molecule has 1 aromatic heterocycles. The highest BCUT2D eigenvalue weighted by molar-refractivity contribution is 9.09. The highest BCUT2D eigenvalue weighted by Gasteiger charge is 2.21. The van der Waals surface area contributed by atoms with E-state index in [0.717, 1.165) is 14.8 Å². The summed E-state index contributed by atoms with van der Waals surface area (Å²) in [6, 6.07) is 11.3. The summed E-state index contributed by atoms with van der Waals surface area (Å²) in [4.78, 5) is 25.5. The van der Waals surface area contributed by atoms with Crippen LogP contribution >= 0.6 is 27.7 Å². The Kier molecular flexibility index (Phi) is 5.34. The summed E-state index contributed by atoms with van der Waals surface area (Å²) in [6.45, 7) is 4.70. The Hall–Kier alpha value is -1.27. The predicted octanol–water partition coefficient (Wildman–Crippen LogP) is 3.12. The Labute approximate surface area is 142 Å². The quantitative estimate of drug-likeness (QED) is 0.589. The molecule has 0 bridgehead atoms. The average molecular weight is 383 g/mol. The maximum atomic E-state index is 12.5. The van der Waals surface area contributed by atoms with E-state index in [1.54, 1.807) is 4.57 Å². The van der Waals surface area contributed by atoms with Crippen molar-refractivity contribution < 1.29 is 0 Å². The smallest absolute Gasteiger partial charge is 0.287 e. The van der Waals surface area contributed by atoms with Gasteiger partial charge in [-0.05, 0) is 17.5 Å². The molecule has 0 amide bonds. The monoisotopic (exact) mass is 382 g/mol. The summed E-state index contributed by atoms with van der Waals surface area (Å²) in [5, 5.41) is 1.44. The topological polar surface area (TPSA) is 44.0 Å². The number of hydrogen-bond acceptors (Lipinski definition) is 3. The van der Waals surface area contributed by atoms with Gasteiger partial charge in [0.2, 0.25) is 0 Å². The third-order valence-corrected chi connectivity index (χ3v) is 5.85. The minimum absolute atomic E-state index is 0.0901. The van der Waals surface area contributed by atoms with E-state index in [0.29, 0.717) is 11.6 Å². The van der Waals surface area contributed by atoms with E-state index in [1.807, 2.05) is 30.3 Å². The van der Waals surface area contributed by atoms with Crippen molar-refractivity contribution >= 4 is 27.7 Å². The third kappa shape index (κ3) is 3.93. The van der Waals surface area contributed by atoms with Crippen LogP contribution < -0.4 is 11.2 Å². The fourth-order valence-electron chi connectivity index (χ4n) is 1.96. The van der Waals surface area contributed by atoms with E-state index in [2.05, 4.69) is 29.8 Å². The summed E-state index contributed by atoms with van der Waals surface area (Å²) in [5.41, 5.74) is -0.649. The van der Waals surface area contributed by atoms with Gasteiger partial charge in [0.25, 0.3) is 5.56 Å². The van der Waals surface area contributed by atoms with Crippen LogP contribution in [0.4, 0.5) is 0 Å². The van der Waals surface area contributed by atoms with E-state index >= 15 is 0 Å². The molecule has 1 heterocycles. The van der Waals surface area contributed by atoms with E-state index in [1.165, 1.54) is 24.9 Å². The minimum atomic E-state index is -0.281. The summed E-state index contributed by atoms with van der Waals surface area (Å²) >= 11 is 4.92. The molecule has 0 aliphatic heterocycles. The van der Waals surface area contributed by atoms with Gasteiger partial charge >= 0.3 is 5.69 Å². The Morgan fingerprint density at radius 2 is 1.82 bits per heavy atom. The van der Waals surface area contributed by atoms with Crippen molar-refractivity contribution in [3.63, 3.8) is 0 Å². The summed E-state index contributed by atoms with van der Waals surface area (Å²) in [7, 11) is 1.51.